The number of carbonyl (C=O) groups excluding carboxylic acids is 1. The minimum absolute atomic E-state index is 0.250. The largest absolute Gasteiger partial charge is 0.426 e. The van der Waals surface area contributed by atoms with Gasteiger partial charge in [0.15, 0.2) is 0 Å². The van der Waals surface area contributed by atoms with Crippen LogP contribution in [0.5, 0.6) is 5.75 Å². The zero-order valence-corrected chi connectivity index (χ0v) is 18.5. The summed E-state index contributed by atoms with van der Waals surface area (Å²) in [5.74, 6) is 0.930. The van der Waals surface area contributed by atoms with E-state index in [2.05, 4.69) is 10.1 Å². The second-order valence-corrected chi connectivity index (χ2v) is 8.37. The zero-order chi connectivity index (χ0) is 22.9. The summed E-state index contributed by atoms with van der Waals surface area (Å²) in [5, 5.41) is 13.2. The number of hydrogen-bond acceptors (Lipinski definition) is 6. The first kappa shape index (κ1) is 20.9. The summed E-state index contributed by atoms with van der Waals surface area (Å²) in [4.78, 5) is 22.4. The second kappa shape index (κ2) is 8.52. The van der Waals surface area contributed by atoms with E-state index >= 15 is 0 Å². The molecule has 0 radical (unpaired) electrons. The molecule has 5 rings (SSSR count). The van der Waals surface area contributed by atoms with Crippen LogP contribution in [0.2, 0.25) is 0 Å². The molecule has 3 aromatic carbocycles. The molecule has 0 bridgehead atoms. The summed E-state index contributed by atoms with van der Waals surface area (Å²) < 4.78 is 5.51. The van der Waals surface area contributed by atoms with E-state index in [4.69, 9.17) is 9.72 Å². The molecule has 0 aliphatic heterocycles. The Balaban J connectivity index is 1.47. The van der Waals surface area contributed by atoms with E-state index in [1.807, 2.05) is 67.5 Å². The molecule has 1 heterocycles. The smallest absolute Gasteiger partial charge is 0.311 e. The third kappa shape index (κ3) is 3.87. The third-order valence-corrected chi connectivity index (χ3v) is 5.80. The van der Waals surface area contributed by atoms with Crippen LogP contribution >= 0.6 is 0 Å². The van der Waals surface area contributed by atoms with Gasteiger partial charge in [0.1, 0.15) is 17.3 Å². The van der Waals surface area contributed by atoms with Gasteiger partial charge in [-0.3, -0.25) is 4.79 Å². The molecule has 7 heteroatoms. The number of aromatic amines is 1. The van der Waals surface area contributed by atoms with Crippen molar-refractivity contribution < 1.29 is 14.7 Å². The number of oxime groups is 1. The highest BCUT2D eigenvalue weighted by Crippen LogP contribution is 2.42. The lowest BCUT2D eigenvalue weighted by Gasteiger charge is -2.08. The number of aromatic nitrogens is 2. The number of hydrogen-bond donors (Lipinski definition) is 2. The molecule has 0 unspecified atom stereocenters. The summed E-state index contributed by atoms with van der Waals surface area (Å²) in [6.45, 7) is 0.837. The molecule has 4 aromatic rings. The molecule has 0 atom stereocenters. The summed E-state index contributed by atoms with van der Waals surface area (Å²) in [6.07, 6.45) is 1.12. The molecule has 2 N–H and O–H groups in total. The molecule has 1 aliphatic rings. The van der Waals surface area contributed by atoms with Gasteiger partial charge in [0.2, 0.25) is 0 Å². The van der Waals surface area contributed by atoms with E-state index in [0.29, 0.717) is 29.2 Å². The van der Waals surface area contributed by atoms with Crippen molar-refractivity contribution in [3.63, 3.8) is 0 Å². The number of ether oxygens (including phenoxy) is 1. The lowest BCUT2D eigenvalue weighted by Crippen LogP contribution is -2.16. The molecule has 0 amide bonds. The Hall–Kier alpha value is -3.97. The van der Waals surface area contributed by atoms with Gasteiger partial charge in [-0.25, -0.2) is 4.98 Å². The number of benzene rings is 3. The maximum absolute atomic E-state index is 12.2. The lowest BCUT2D eigenvalue weighted by molar-refractivity contribution is -0.134. The molecule has 1 aromatic heterocycles. The van der Waals surface area contributed by atoms with Crippen molar-refractivity contribution in [2.24, 2.45) is 5.16 Å². The summed E-state index contributed by atoms with van der Waals surface area (Å²) in [5.41, 5.74) is 6.77. The van der Waals surface area contributed by atoms with Gasteiger partial charge in [0.05, 0.1) is 11.0 Å². The van der Waals surface area contributed by atoms with Gasteiger partial charge in [-0.15, -0.1) is 0 Å². The molecular formula is C26H24N4O3. The Morgan fingerprint density at radius 3 is 2.58 bits per heavy atom. The fraction of sp³-hybridized carbons (Fsp3) is 0.192. The fourth-order valence-electron chi connectivity index (χ4n) is 4.30. The summed E-state index contributed by atoms with van der Waals surface area (Å²) in [6, 6.07) is 19.2. The van der Waals surface area contributed by atoms with Gasteiger partial charge < -0.3 is 19.8 Å². The van der Waals surface area contributed by atoms with Gasteiger partial charge in [-0.05, 0) is 44.8 Å². The van der Waals surface area contributed by atoms with E-state index in [1.165, 1.54) is 0 Å². The van der Waals surface area contributed by atoms with Crippen LogP contribution in [0.4, 0.5) is 0 Å². The van der Waals surface area contributed by atoms with Crippen molar-refractivity contribution in [1.29, 1.82) is 0 Å². The number of esters is 1. The van der Waals surface area contributed by atoms with Gasteiger partial charge in [0, 0.05) is 34.7 Å². The Kier molecular flexibility index (Phi) is 5.40. The molecule has 0 saturated heterocycles. The van der Waals surface area contributed by atoms with E-state index in [1.54, 1.807) is 12.1 Å². The fourth-order valence-corrected chi connectivity index (χ4v) is 4.30. The molecule has 0 spiro atoms. The maximum Gasteiger partial charge on any atom is 0.311 e. The van der Waals surface area contributed by atoms with Crippen molar-refractivity contribution >= 4 is 22.7 Å². The van der Waals surface area contributed by atoms with Crippen LogP contribution in [-0.2, 0) is 4.79 Å². The van der Waals surface area contributed by atoms with Crippen LogP contribution in [0, 0.1) is 0 Å². The average Bonchev–Trinajstić information content (AvgIpc) is 3.37. The molecule has 1 aliphatic carbocycles. The number of fused-ring (bicyclic) bond motifs is 4. The summed E-state index contributed by atoms with van der Waals surface area (Å²) in [7, 11) is 3.96. The van der Waals surface area contributed by atoms with Crippen molar-refractivity contribution in [3.8, 4) is 28.3 Å². The Morgan fingerprint density at radius 1 is 1.03 bits per heavy atom. The molecular weight excluding hydrogens is 416 g/mol. The molecule has 0 fully saturated rings. The summed E-state index contributed by atoms with van der Waals surface area (Å²) >= 11 is 0. The van der Waals surface area contributed by atoms with Crippen LogP contribution in [0.1, 0.15) is 24.0 Å². The minimum Gasteiger partial charge on any atom is -0.426 e. The van der Waals surface area contributed by atoms with E-state index in [0.717, 1.165) is 46.3 Å². The molecule has 7 nitrogen and oxygen atoms in total. The second-order valence-electron chi connectivity index (χ2n) is 8.37. The van der Waals surface area contributed by atoms with E-state index < -0.39 is 0 Å². The normalized spacial score (nSPS) is 13.5. The monoisotopic (exact) mass is 440 g/mol. The Bertz CT molecular complexity index is 1390. The number of imidazole rings is 1. The highest BCUT2D eigenvalue weighted by molar-refractivity contribution is 6.26. The SMILES string of the molecule is CN(C)CCCC(=O)Oc1ccc2[nH]c(-c3cccc4c3-c3ccccc3/C4=N/O)nc2c1. The zero-order valence-electron chi connectivity index (χ0n) is 18.5. The van der Waals surface area contributed by atoms with Crippen molar-refractivity contribution in [2.45, 2.75) is 12.8 Å². The minimum atomic E-state index is -0.250. The predicted octanol–water partition coefficient (Wildman–Crippen LogP) is 4.68. The third-order valence-electron chi connectivity index (χ3n) is 5.80. The number of H-pyrrole nitrogens is 1. The average molecular weight is 441 g/mol. The maximum atomic E-state index is 12.2. The van der Waals surface area contributed by atoms with Crippen molar-refractivity contribution in [3.05, 3.63) is 71.8 Å². The van der Waals surface area contributed by atoms with E-state index in [-0.39, 0.29) is 5.97 Å². The Morgan fingerprint density at radius 2 is 1.79 bits per heavy atom. The number of carbonyl (C=O) groups is 1. The van der Waals surface area contributed by atoms with Crippen LogP contribution in [0.3, 0.4) is 0 Å². The van der Waals surface area contributed by atoms with Gasteiger partial charge in [0.25, 0.3) is 0 Å². The standard InChI is InChI=1S/C26H24N4O3/c1-30(2)14-6-11-23(31)33-16-12-13-21-22(15-16)28-26(27-21)20-10-5-9-19-24(20)17-7-3-4-8-18(17)25(19)29-32/h3-5,7-10,12-13,15,32H,6,11,14H2,1-2H3,(H,27,28)/b29-25-. The highest BCUT2D eigenvalue weighted by atomic mass is 16.5. The topological polar surface area (TPSA) is 90.8 Å². The number of nitrogens with zero attached hydrogens (tertiary/aromatic N) is 3. The van der Waals surface area contributed by atoms with Gasteiger partial charge in [-0.1, -0.05) is 47.6 Å². The van der Waals surface area contributed by atoms with Crippen LogP contribution in [0.25, 0.3) is 33.5 Å². The molecule has 33 heavy (non-hydrogen) atoms. The lowest BCUT2D eigenvalue weighted by atomic mass is 9.99. The van der Waals surface area contributed by atoms with Gasteiger partial charge >= 0.3 is 5.97 Å². The van der Waals surface area contributed by atoms with Crippen LogP contribution in [-0.4, -0.2) is 52.4 Å². The molecule has 166 valence electrons. The first-order valence-electron chi connectivity index (χ1n) is 10.9. The molecule has 0 saturated carbocycles. The highest BCUT2D eigenvalue weighted by Gasteiger charge is 2.28. The number of nitrogens with one attached hydrogen (secondary N) is 1. The van der Waals surface area contributed by atoms with Crippen molar-refractivity contribution in [2.75, 3.05) is 20.6 Å². The van der Waals surface area contributed by atoms with Crippen molar-refractivity contribution in [1.82, 2.24) is 14.9 Å². The first-order chi connectivity index (χ1) is 16.0. The van der Waals surface area contributed by atoms with Crippen LogP contribution in [0.15, 0.2) is 65.8 Å². The first-order valence-corrected chi connectivity index (χ1v) is 10.9. The Labute approximate surface area is 191 Å². The predicted molar refractivity (Wildman–Crippen MR) is 128 cm³/mol. The van der Waals surface area contributed by atoms with Crippen LogP contribution < -0.4 is 4.74 Å². The number of rotatable bonds is 6. The van der Waals surface area contributed by atoms with Gasteiger partial charge in [-0.2, -0.15) is 0 Å². The van der Waals surface area contributed by atoms with E-state index in [9.17, 15) is 10.0 Å². The quantitative estimate of drug-likeness (QED) is 0.173.